The topological polar surface area (TPSA) is 99.2 Å². The quantitative estimate of drug-likeness (QED) is 0.372. The summed E-state index contributed by atoms with van der Waals surface area (Å²) in [7, 11) is 0. The van der Waals surface area contributed by atoms with Gasteiger partial charge in [-0.25, -0.2) is 9.37 Å². The van der Waals surface area contributed by atoms with Crippen molar-refractivity contribution in [1.82, 2.24) is 34.7 Å². The molecule has 0 aliphatic carbocycles. The Bertz CT molecular complexity index is 1430. The molecule has 0 atom stereocenters. The summed E-state index contributed by atoms with van der Waals surface area (Å²) in [6, 6.07) is 13.2. The van der Waals surface area contributed by atoms with Gasteiger partial charge in [-0.1, -0.05) is 23.5 Å². The molecular weight excluding hydrogens is 445 g/mol. The Morgan fingerprint density at radius 2 is 2.00 bits per heavy atom. The number of amides is 1. The highest BCUT2D eigenvalue weighted by molar-refractivity contribution is 7.16. The SMILES string of the molecule is Cc1nc(-n2cccc2)sc1C(=O)NCCOc1ccc2nnc(-c3cccc(F)c3)n2n1. The number of nitrogens with zero attached hydrogens (tertiary/aromatic N) is 6. The van der Waals surface area contributed by atoms with Gasteiger partial charge in [0.15, 0.2) is 16.6 Å². The van der Waals surface area contributed by atoms with E-state index in [4.69, 9.17) is 4.74 Å². The minimum Gasteiger partial charge on any atom is -0.475 e. The third kappa shape index (κ3) is 4.30. The molecule has 0 aliphatic rings. The Morgan fingerprint density at radius 1 is 1.15 bits per heavy atom. The molecule has 4 heterocycles. The number of carbonyl (C=O) groups is 1. The first-order valence-electron chi connectivity index (χ1n) is 10.1. The fourth-order valence-corrected chi connectivity index (χ4v) is 4.17. The van der Waals surface area contributed by atoms with Gasteiger partial charge in [0, 0.05) is 24.0 Å². The van der Waals surface area contributed by atoms with Crippen LogP contribution in [-0.2, 0) is 0 Å². The van der Waals surface area contributed by atoms with Gasteiger partial charge in [0.2, 0.25) is 5.88 Å². The van der Waals surface area contributed by atoms with E-state index < -0.39 is 0 Å². The van der Waals surface area contributed by atoms with Gasteiger partial charge in [-0.15, -0.1) is 15.3 Å². The molecule has 0 spiro atoms. The van der Waals surface area contributed by atoms with Crippen molar-refractivity contribution < 1.29 is 13.9 Å². The molecule has 0 aliphatic heterocycles. The number of hydrogen-bond acceptors (Lipinski definition) is 7. The van der Waals surface area contributed by atoms with Crippen molar-refractivity contribution >= 4 is 22.9 Å². The lowest BCUT2D eigenvalue weighted by Crippen LogP contribution is -2.28. The van der Waals surface area contributed by atoms with E-state index in [1.54, 1.807) is 24.3 Å². The van der Waals surface area contributed by atoms with Crippen molar-refractivity contribution in [2.45, 2.75) is 6.92 Å². The number of aromatic nitrogens is 6. The van der Waals surface area contributed by atoms with Gasteiger partial charge in [-0.3, -0.25) is 4.79 Å². The molecule has 1 amide bonds. The predicted molar refractivity (Wildman–Crippen MR) is 120 cm³/mol. The van der Waals surface area contributed by atoms with Gasteiger partial charge in [-0.05, 0) is 37.3 Å². The minimum atomic E-state index is -0.371. The van der Waals surface area contributed by atoms with Crippen molar-refractivity contribution in [1.29, 1.82) is 0 Å². The van der Waals surface area contributed by atoms with Gasteiger partial charge < -0.3 is 14.6 Å². The van der Waals surface area contributed by atoms with Crippen LogP contribution in [0.5, 0.6) is 5.88 Å². The Morgan fingerprint density at radius 3 is 2.82 bits per heavy atom. The summed E-state index contributed by atoms with van der Waals surface area (Å²) in [4.78, 5) is 17.6. The number of thiazole rings is 1. The molecule has 5 rings (SSSR count). The van der Waals surface area contributed by atoms with Crippen LogP contribution in [0.2, 0.25) is 0 Å². The molecule has 166 valence electrons. The lowest BCUT2D eigenvalue weighted by atomic mass is 10.2. The van der Waals surface area contributed by atoms with E-state index in [2.05, 4.69) is 25.6 Å². The highest BCUT2D eigenvalue weighted by Crippen LogP contribution is 2.22. The Hall–Kier alpha value is -4.12. The van der Waals surface area contributed by atoms with Crippen LogP contribution in [0.4, 0.5) is 4.39 Å². The molecule has 4 aromatic heterocycles. The normalized spacial score (nSPS) is 11.1. The highest BCUT2D eigenvalue weighted by atomic mass is 32.1. The monoisotopic (exact) mass is 463 g/mol. The molecule has 33 heavy (non-hydrogen) atoms. The average molecular weight is 463 g/mol. The molecule has 1 N–H and O–H groups in total. The van der Waals surface area contributed by atoms with Crippen molar-refractivity contribution in [3.8, 4) is 22.4 Å². The second-order valence-corrected chi connectivity index (χ2v) is 8.06. The number of carbonyl (C=O) groups excluding carboxylic acids is 1. The van der Waals surface area contributed by atoms with Crippen LogP contribution in [-0.4, -0.2) is 48.4 Å². The molecule has 1 aromatic carbocycles. The minimum absolute atomic E-state index is 0.206. The van der Waals surface area contributed by atoms with E-state index in [0.29, 0.717) is 33.5 Å². The van der Waals surface area contributed by atoms with E-state index in [1.807, 2.05) is 36.0 Å². The maximum atomic E-state index is 13.6. The fourth-order valence-electron chi connectivity index (χ4n) is 3.22. The Kier molecular flexibility index (Phi) is 5.53. The summed E-state index contributed by atoms with van der Waals surface area (Å²) in [5.74, 6) is 0.159. The lowest BCUT2D eigenvalue weighted by Gasteiger charge is -2.07. The summed E-state index contributed by atoms with van der Waals surface area (Å²) in [6.07, 6.45) is 3.76. The van der Waals surface area contributed by atoms with Crippen molar-refractivity contribution in [2.75, 3.05) is 13.2 Å². The van der Waals surface area contributed by atoms with Crippen molar-refractivity contribution in [2.24, 2.45) is 0 Å². The predicted octanol–water partition coefficient (Wildman–Crippen LogP) is 3.29. The molecule has 0 unspecified atom stereocenters. The van der Waals surface area contributed by atoms with Gasteiger partial charge >= 0.3 is 0 Å². The Labute approximate surface area is 191 Å². The molecule has 0 radical (unpaired) electrons. The van der Waals surface area contributed by atoms with E-state index >= 15 is 0 Å². The largest absolute Gasteiger partial charge is 0.475 e. The number of halogens is 1. The van der Waals surface area contributed by atoms with Crippen LogP contribution < -0.4 is 10.1 Å². The first-order valence-corrected chi connectivity index (χ1v) is 10.9. The molecule has 0 fully saturated rings. The summed E-state index contributed by atoms with van der Waals surface area (Å²) in [5.41, 5.74) is 1.74. The number of aryl methyl sites for hydroxylation is 1. The number of rotatable bonds is 7. The number of ether oxygens (including phenoxy) is 1. The van der Waals surface area contributed by atoms with Crippen LogP contribution in [0.15, 0.2) is 60.9 Å². The number of nitrogens with one attached hydrogen (secondary N) is 1. The van der Waals surface area contributed by atoms with Gasteiger partial charge in [0.25, 0.3) is 5.91 Å². The number of hydrogen-bond donors (Lipinski definition) is 1. The van der Waals surface area contributed by atoms with Gasteiger partial charge in [0.05, 0.1) is 12.2 Å². The summed E-state index contributed by atoms with van der Waals surface area (Å²) in [5, 5.41) is 16.1. The first-order chi connectivity index (χ1) is 16.1. The summed E-state index contributed by atoms with van der Waals surface area (Å²) in [6.45, 7) is 2.31. The zero-order valence-corrected chi connectivity index (χ0v) is 18.3. The van der Waals surface area contributed by atoms with Crippen molar-refractivity contribution in [3.05, 3.63) is 77.3 Å². The molecule has 11 heteroatoms. The van der Waals surface area contributed by atoms with E-state index in [1.165, 1.54) is 28.0 Å². The third-order valence-electron chi connectivity index (χ3n) is 4.78. The van der Waals surface area contributed by atoms with Gasteiger partial charge in [0.1, 0.15) is 17.3 Å². The average Bonchev–Trinajstić information content (AvgIpc) is 3.56. The van der Waals surface area contributed by atoms with E-state index in [9.17, 15) is 9.18 Å². The first kappa shape index (κ1) is 20.8. The zero-order valence-electron chi connectivity index (χ0n) is 17.5. The number of fused-ring (bicyclic) bond motifs is 1. The second-order valence-electron chi connectivity index (χ2n) is 7.08. The molecule has 0 bridgehead atoms. The van der Waals surface area contributed by atoms with Crippen LogP contribution in [0.1, 0.15) is 15.4 Å². The van der Waals surface area contributed by atoms with E-state index in [0.717, 1.165) is 5.13 Å². The van der Waals surface area contributed by atoms with Crippen molar-refractivity contribution in [3.63, 3.8) is 0 Å². The standard InChI is InChI=1S/C22H18FN7O2S/c1-14-19(33-22(25-14)29-10-2-3-11-29)21(31)24-9-12-32-18-8-7-17-26-27-20(30(17)28-18)15-5-4-6-16(23)13-15/h2-8,10-11,13H,9,12H2,1H3,(H,24,31). The summed E-state index contributed by atoms with van der Waals surface area (Å²) >= 11 is 1.33. The second kappa shape index (κ2) is 8.79. The number of benzene rings is 1. The van der Waals surface area contributed by atoms with Crippen LogP contribution in [0.3, 0.4) is 0 Å². The Balaban J connectivity index is 1.22. The molecular formula is C22H18FN7O2S. The van der Waals surface area contributed by atoms with Crippen LogP contribution >= 0.6 is 11.3 Å². The molecule has 9 nitrogen and oxygen atoms in total. The highest BCUT2D eigenvalue weighted by Gasteiger charge is 2.16. The van der Waals surface area contributed by atoms with Gasteiger partial charge in [-0.2, -0.15) is 4.52 Å². The molecule has 5 aromatic rings. The molecule has 0 saturated heterocycles. The third-order valence-corrected chi connectivity index (χ3v) is 5.95. The smallest absolute Gasteiger partial charge is 0.263 e. The maximum absolute atomic E-state index is 13.6. The summed E-state index contributed by atoms with van der Waals surface area (Å²) < 4.78 is 22.6. The maximum Gasteiger partial charge on any atom is 0.263 e. The molecule has 0 saturated carbocycles. The van der Waals surface area contributed by atoms with Crippen LogP contribution in [0.25, 0.3) is 22.2 Å². The van der Waals surface area contributed by atoms with Crippen LogP contribution in [0, 0.1) is 12.7 Å². The van der Waals surface area contributed by atoms with E-state index in [-0.39, 0.29) is 24.9 Å². The zero-order chi connectivity index (χ0) is 22.8. The lowest BCUT2D eigenvalue weighted by molar-refractivity contribution is 0.0949. The fraction of sp³-hybridized carbons (Fsp3) is 0.136.